The molecule has 0 atom stereocenters. The van der Waals surface area contributed by atoms with Gasteiger partial charge in [0, 0.05) is 6.07 Å². The molecular weight excluding hydrogens is 173 g/mol. The lowest BCUT2D eigenvalue weighted by Crippen LogP contribution is -2.19. The molecule has 1 aromatic heterocycles. The molecule has 1 aliphatic rings. The van der Waals surface area contributed by atoms with Crippen molar-refractivity contribution in [2.75, 3.05) is 5.32 Å². The number of guanidine groups is 1. The van der Waals surface area contributed by atoms with E-state index in [1.54, 1.807) is 0 Å². The Hall–Kier alpha value is -1.98. The van der Waals surface area contributed by atoms with Crippen molar-refractivity contribution in [1.82, 2.24) is 10.3 Å². The van der Waals surface area contributed by atoms with Gasteiger partial charge in [-0.25, -0.2) is 4.39 Å². The maximum atomic E-state index is 12.6. The van der Waals surface area contributed by atoms with Gasteiger partial charge in [-0.3, -0.25) is 4.98 Å². The highest BCUT2D eigenvalue weighted by molar-refractivity contribution is 6.01. The Morgan fingerprint density at radius 1 is 1.31 bits per heavy atom. The number of aromatic nitrogens is 1. The van der Waals surface area contributed by atoms with Crippen LogP contribution in [0.5, 0.6) is 0 Å². The molecule has 65 valence electrons. The minimum Gasteiger partial charge on any atom is -0.321 e. The molecule has 1 N–H and O–H groups in total. The topological polar surface area (TPSA) is 63.7 Å². The molecule has 0 fully saturated rings. The second-order valence-corrected chi connectivity index (χ2v) is 2.30. The summed E-state index contributed by atoms with van der Waals surface area (Å²) in [5.41, 5.74) is 0.494. The SMILES string of the molecule is Fc1cncc(NC2=NN=C[N]2)c1. The molecule has 2 rings (SSSR count). The Morgan fingerprint density at radius 2 is 2.23 bits per heavy atom. The van der Waals surface area contributed by atoms with Crippen LogP contribution in [0.2, 0.25) is 0 Å². The summed E-state index contributed by atoms with van der Waals surface area (Å²) < 4.78 is 12.6. The van der Waals surface area contributed by atoms with Crippen LogP contribution >= 0.6 is 0 Å². The van der Waals surface area contributed by atoms with Crippen molar-refractivity contribution in [3.63, 3.8) is 0 Å². The van der Waals surface area contributed by atoms with Gasteiger partial charge in [-0.2, -0.15) is 5.32 Å². The van der Waals surface area contributed by atoms with E-state index < -0.39 is 5.82 Å². The fraction of sp³-hybridized carbons (Fsp3) is 0. The Kier molecular flexibility index (Phi) is 1.87. The van der Waals surface area contributed by atoms with Crippen LogP contribution in [0.4, 0.5) is 10.1 Å². The summed E-state index contributed by atoms with van der Waals surface area (Å²) in [6, 6.07) is 1.30. The Morgan fingerprint density at radius 3 is 2.92 bits per heavy atom. The fourth-order valence-corrected chi connectivity index (χ4v) is 0.853. The molecule has 0 unspecified atom stereocenters. The summed E-state index contributed by atoms with van der Waals surface area (Å²) in [4.78, 5) is 3.65. The van der Waals surface area contributed by atoms with Crippen LogP contribution in [0, 0.1) is 5.82 Å². The lowest BCUT2D eigenvalue weighted by molar-refractivity contribution is 0.622. The highest BCUT2D eigenvalue weighted by Crippen LogP contribution is 2.06. The molecule has 0 spiro atoms. The van der Waals surface area contributed by atoms with E-state index in [-0.39, 0.29) is 0 Å². The average Bonchev–Trinajstić information content (AvgIpc) is 2.57. The van der Waals surface area contributed by atoms with Crippen molar-refractivity contribution < 1.29 is 4.39 Å². The summed E-state index contributed by atoms with van der Waals surface area (Å²) >= 11 is 0. The molecule has 0 amide bonds. The predicted molar refractivity (Wildman–Crippen MR) is 45.9 cm³/mol. The van der Waals surface area contributed by atoms with E-state index in [1.807, 2.05) is 0 Å². The van der Waals surface area contributed by atoms with E-state index >= 15 is 0 Å². The fourth-order valence-electron chi connectivity index (χ4n) is 0.853. The molecule has 6 heteroatoms. The van der Waals surface area contributed by atoms with Crippen molar-refractivity contribution in [2.45, 2.75) is 0 Å². The smallest absolute Gasteiger partial charge is 0.248 e. The number of rotatable bonds is 1. The summed E-state index contributed by atoms with van der Waals surface area (Å²) in [6.07, 6.45) is 3.89. The molecule has 0 aliphatic carbocycles. The normalized spacial score (nSPS) is 13.8. The highest BCUT2D eigenvalue weighted by atomic mass is 19.1. The number of halogens is 1. The molecule has 5 nitrogen and oxygen atoms in total. The number of nitrogens with one attached hydrogen (secondary N) is 1. The summed E-state index contributed by atoms with van der Waals surface area (Å²) in [6.45, 7) is 0. The summed E-state index contributed by atoms with van der Waals surface area (Å²) in [7, 11) is 0. The first kappa shape index (κ1) is 7.66. The van der Waals surface area contributed by atoms with Crippen LogP contribution in [0.1, 0.15) is 0 Å². The minimum atomic E-state index is -0.412. The molecular formula is C7H5FN5. The summed E-state index contributed by atoms with van der Waals surface area (Å²) in [5, 5.41) is 13.6. The quantitative estimate of drug-likeness (QED) is 0.682. The van der Waals surface area contributed by atoms with Gasteiger partial charge in [-0.15, -0.1) is 10.2 Å². The number of pyridine rings is 1. The van der Waals surface area contributed by atoms with Crippen LogP contribution in [-0.2, 0) is 0 Å². The van der Waals surface area contributed by atoms with E-state index in [0.29, 0.717) is 11.6 Å². The first-order chi connectivity index (χ1) is 6.34. The van der Waals surface area contributed by atoms with Crippen LogP contribution in [0.15, 0.2) is 28.7 Å². The van der Waals surface area contributed by atoms with Crippen molar-refractivity contribution in [2.24, 2.45) is 10.2 Å². The summed E-state index contributed by atoms with van der Waals surface area (Å²) in [5.74, 6) is -0.0862. The van der Waals surface area contributed by atoms with Gasteiger partial charge >= 0.3 is 0 Å². The van der Waals surface area contributed by atoms with Crippen LogP contribution < -0.4 is 10.6 Å². The predicted octanol–water partition coefficient (Wildman–Crippen LogP) is 0.550. The van der Waals surface area contributed by atoms with E-state index in [9.17, 15) is 4.39 Å². The number of anilines is 1. The standard InChI is InChI=1S/C7H5FN5/c8-5-1-6(3-9-2-5)12-7-10-4-11-13-7/h1-4H,(H,12,13). The lowest BCUT2D eigenvalue weighted by atomic mass is 10.4. The molecule has 1 aromatic rings. The van der Waals surface area contributed by atoms with Crippen molar-refractivity contribution >= 4 is 18.0 Å². The Labute approximate surface area is 73.4 Å². The van der Waals surface area contributed by atoms with E-state index in [1.165, 1.54) is 18.6 Å². The Bertz CT molecular complexity index is 373. The molecule has 0 saturated carbocycles. The lowest BCUT2D eigenvalue weighted by Gasteiger charge is -2.01. The van der Waals surface area contributed by atoms with Gasteiger partial charge in [0.05, 0.1) is 18.1 Å². The van der Waals surface area contributed by atoms with Gasteiger partial charge in [0.1, 0.15) is 12.2 Å². The van der Waals surface area contributed by atoms with Gasteiger partial charge in [-0.05, 0) is 0 Å². The maximum absolute atomic E-state index is 12.6. The van der Waals surface area contributed by atoms with Crippen molar-refractivity contribution in [3.8, 4) is 0 Å². The minimum absolute atomic E-state index is 0.326. The van der Waals surface area contributed by atoms with Gasteiger partial charge in [0.2, 0.25) is 5.96 Å². The highest BCUT2D eigenvalue weighted by Gasteiger charge is 2.04. The van der Waals surface area contributed by atoms with Crippen LogP contribution in [0.3, 0.4) is 0 Å². The second kappa shape index (κ2) is 3.18. The van der Waals surface area contributed by atoms with Gasteiger partial charge in [-0.1, -0.05) is 0 Å². The van der Waals surface area contributed by atoms with Crippen molar-refractivity contribution in [1.29, 1.82) is 0 Å². The van der Waals surface area contributed by atoms with E-state index in [0.717, 1.165) is 6.20 Å². The number of nitrogens with zero attached hydrogens (tertiary/aromatic N) is 4. The zero-order chi connectivity index (χ0) is 9.10. The van der Waals surface area contributed by atoms with Gasteiger partial charge < -0.3 is 5.32 Å². The molecule has 13 heavy (non-hydrogen) atoms. The Balaban J connectivity index is 2.10. The first-order valence-electron chi connectivity index (χ1n) is 3.52. The number of hydrogen-bond acceptors (Lipinski definition) is 4. The molecule has 0 saturated heterocycles. The molecule has 0 aromatic carbocycles. The second-order valence-electron chi connectivity index (χ2n) is 2.30. The van der Waals surface area contributed by atoms with E-state index in [2.05, 4.69) is 25.8 Å². The zero-order valence-electron chi connectivity index (χ0n) is 6.48. The van der Waals surface area contributed by atoms with Crippen molar-refractivity contribution in [3.05, 3.63) is 24.3 Å². The van der Waals surface area contributed by atoms with E-state index in [4.69, 9.17) is 0 Å². The average molecular weight is 178 g/mol. The third kappa shape index (κ3) is 1.78. The molecule has 1 aliphatic heterocycles. The first-order valence-corrected chi connectivity index (χ1v) is 3.52. The van der Waals surface area contributed by atoms with Crippen LogP contribution in [-0.4, -0.2) is 17.3 Å². The van der Waals surface area contributed by atoms with Crippen LogP contribution in [0.25, 0.3) is 0 Å². The number of hydrogen-bond donors (Lipinski definition) is 1. The zero-order valence-corrected chi connectivity index (χ0v) is 6.48. The maximum Gasteiger partial charge on any atom is 0.248 e. The van der Waals surface area contributed by atoms with Gasteiger partial charge in [0.15, 0.2) is 0 Å². The third-order valence-corrected chi connectivity index (χ3v) is 1.35. The third-order valence-electron chi connectivity index (χ3n) is 1.35. The molecule has 0 bridgehead atoms. The molecule has 2 heterocycles. The van der Waals surface area contributed by atoms with Gasteiger partial charge in [0.25, 0.3) is 0 Å². The molecule has 1 radical (unpaired) electrons. The largest absolute Gasteiger partial charge is 0.321 e. The monoisotopic (exact) mass is 178 g/mol.